The molecule has 4 atom stereocenters. The minimum Gasteiger partial charge on any atom is -0.374 e. The summed E-state index contributed by atoms with van der Waals surface area (Å²) < 4.78 is 26.0. The van der Waals surface area contributed by atoms with Gasteiger partial charge in [0.2, 0.25) is 0 Å². The second kappa shape index (κ2) is 21.5. The smallest absolute Gasteiger partial charge is 0.135 e. The van der Waals surface area contributed by atoms with Gasteiger partial charge in [-0.3, -0.25) is 0 Å². The van der Waals surface area contributed by atoms with E-state index in [1.54, 1.807) is 7.11 Å². The molecular formula is C34H69NO4. The van der Waals surface area contributed by atoms with Crippen LogP contribution in [0.25, 0.3) is 0 Å². The molecule has 0 spiro atoms. The van der Waals surface area contributed by atoms with Gasteiger partial charge >= 0.3 is 0 Å². The summed E-state index contributed by atoms with van der Waals surface area (Å²) in [7, 11) is 1.74. The van der Waals surface area contributed by atoms with E-state index in [1.807, 2.05) is 0 Å². The maximum atomic E-state index is 7.03. The van der Waals surface area contributed by atoms with E-state index in [2.05, 4.69) is 41.5 Å². The molecule has 5 nitrogen and oxygen atoms in total. The van der Waals surface area contributed by atoms with Crippen LogP contribution in [0, 0.1) is 0 Å². The summed E-state index contributed by atoms with van der Waals surface area (Å²) >= 11 is 0. The van der Waals surface area contributed by atoms with E-state index in [9.17, 15) is 0 Å². The van der Waals surface area contributed by atoms with Crippen LogP contribution in [0.15, 0.2) is 0 Å². The van der Waals surface area contributed by atoms with Crippen molar-refractivity contribution in [3.05, 3.63) is 0 Å². The molecule has 1 fully saturated rings. The van der Waals surface area contributed by atoms with Crippen LogP contribution in [-0.2, 0) is 18.9 Å². The zero-order chi connectivity index (χ0) is 29.0. The van der Waals surface area contributed by atoms with Gasteiger partial charge in [-0.15, -0.1) is 0 Å². The molecule has 0 saturated carbocycles. The molecule has 0 amide bonds. The number of nitrogens with two attached hydrogens (primary N) is 1. The third-order valence-electron chi connectivity index (χ3n) is 8.87. The average Bonchev–Trinajstić information content (AvgIpc) is 3.22. The van der Waals surface area contributed by atoms with Crippen molar-refractivity contribution in [1.29, 1.82) is 0 Å². The molecule has 1 saturated heterocycles. The third-order valence-corrected chi connectivity index (χ3v) is 8.87. The molecule has 1 rings (SSSR count). The maximum absolute atomic E-state index is 7.03. The van der Waals surface area contributed by atoms with Crippen LogP contribution in [0.1, 0.15) is 170 Å². The van der Waals surface area contributed by atoms with Gasteiger partial charge in [-0.25, -0.2) is 0 Å². The van der Waals surface area contributed by atoms with Crippen LogP contribution in [0.3, 0.4) is 0 Å². The second-order valence-corrected chi connectivity index (χ2v) is 12.9. The molecule has 0 aliphatic carbocycles. The molecule has 1 aliphatic heterocycles. The zero-order valence-electron chi connectivity index (χ0n) is 27.4. The second-order valence-electron chi connectivity index (χ2n) is 12.9. The fourth-order valence-electron chi connectivity index (χ4n) is 6.13. The summed E-state index contributed by atoms with van der Waals surface area (Å²) in [6.07, 6.45) is 23.3. The summed E-state index contributed by atoms with van der Waals surface area (Å²) in [4.78, 5) is 0. The minimum absolute atomic E-state index is 0.131. The topological polar surface area (TPSA) is 62.9 Å². The van der Waals surface area contributed by atoms with Gasteiger partial charge in [0, 0.05) is 7.11 Å². The first-order valence-corrected chi connectivity index (χ1v) is 17.0. The summed E-state index contributed by atoms with van der Waals surface area (Å²) in [5.74, 6) is 0. The van der Waals surface area contributed by atoms with E-state index in [0.717, 1.165) is 25.7 Å². The third kappa shape index (κ3) is 15.0. The first kappa shape index (κ1) is 36.8. The summed E-state index contributed by atoms with van der Waals surface area (Å²) in [6, 6.07) is 0. The lowest BCUT2D eigenvalue weighted by atomic mass is 9.90. The predicted octanol–water partition coefficient (Wildman–Crippen LogP) is 9.49. The Morgan fingerprint density at radius 1 is 0.590 bits per heavy atom. The highest BCUT2D eigenvalue weighted by atomic mass is 16.6. The van der Waals surface area contributed by atoms with Crippen molar-refractivity contribution in [3.63, 3.8) is 0 Å². The normalized spacial score (nSPS) is 22.2. The molecule has 2 N–H and O–H groups in total. The van der Waals surface area contributed by atoms with E-state index in [0.29, 0.717) is 6.61 Å². The minimum atomic E-state index is -0.488. The van der Waals surface area contributed by atoms with E-state index < -0.39 is 6.23 Å². The number of methoxy groups -OCH3 is 1. The van der Waals surface area contributed by atoms with Gasteiger partial charge in [-0.05, 0) is 39.5 Å². The Labute approximate surface area is 244 Å². The van der Waals surface area contributed by atoms with Crippen molar-refractivity contribution in [2.75, 3.05) is 13.7 Å². The Balaban J connectivity index is 2.94. The lowest BCUT2D eigenvalue weighted by Gasteiger charge is -2.37. The molecule has 0 aromatic carbocycles. The number of ether oxygens (including phenoxy) is 4. The van der Waals surface area contributed by atoms with E-state index in [-0.39, 0.29) is 29.5 Å². The molecule has 0 bridgehead atoms. The van der Waals surface area contributed by atoms with Gasteiger partial charge < -0.3 is 24.7 Å². The fourth-order valence-corrected chi connectivity index (χ4v) is 6.13. The zero-order valence-corrected chi connectivity index (χ0v) is 27.4. The van der Waals surface area contributed by atoms with Crippen molar-refractivity contribution >= 4 is 0 Å². The lowest BCUT2D eigenvalue weighted by Crippen LogP contribution is -2.47. The Morgan fingerprint density at radius 3 is 1.38 bits per heavy atom. The van der Waals surface area contributed by atoms with E-state index in [1.165, 1.54) is 103 Å². The molecular weight excluding hydrogens is 486 g/mol. The number of rotatable bonds is 26. The van der Waals surface area contributed by atoms with Crippen molar-refractivity contribution in [1.82, 2.24) is 0 Å². The largest absolute Gasteiger partial charge is 0.374 e. The molecule has 5 heteroatoms. The van der Waals surface area contributed by atoms with E-state index in [4.69, 9.17) is 24.7 Å². The molecule has 0 aromatic heterocycles. The van der Waals surface area contributed by atoms with E-state index >= 15 is 0 Å². The number of unbranched alkanes of at least 4 members (excludes halogenated alkanes) is 12. The monoisotopic (exact) mass is 556 g/mol. The molecule has 1 heterocycles. The van der Waals surface area contributed by atoms with Crippen molar-refractivity contribution in [3.8, 4) is 0 Å². The molecule has 0 aromatic rings. The standard InChI is InChI=1S/C34H69NO4/c1-8-12-16-20-24-33(5,25-21-17-13-9-2)37-28-29-30(31(36-7)32(35)38-29)39-34(6,26-22-18-14-10-3)27-23-19-15-11-4/h29-32H,8-28,35H2,1-7H3. The van der Waals surface area contributed by atoms with Gasteiger partial charge in [-0.1, -0.05) is 130 Å². The van der Waals surface area contributed by atoms with Gasteiger partial charge in [0.15, 0.2) is 0 Å². The van der Waals surface area contributed by atoms with Crippen molar-refractivity contribution in [2.24, 2.45) is 5.73 Å². The number of hydrogen-bond donors (Lipinski definition) is 1. The number of hydrogen-bond acceptors (Lipinski definition) is 5. The highest BCUT2D eigenvalue weighted by Crippen LogP contribution is 2.35. The summed E-state index contributed by atoms with van der Waals surface area (Å²) in [6.45, 7) is 14.2. The van der Waals surface area contributed by atoms with Gasteiger partial charge in [0.1, 0.15) is 24.5 Å². The molecule has 39 heavy (non-hydrogen) atoms. The van der Waals surface area contributed by atoms with Crippen LogP contribution in [0.4, 0.5) is 0 Å². The van der Waals surface area contributed by atoms with Gasteiger partial charge in [0.25, 0.3) is 0 Å². The highest BCUT2D eigenvalue weighted by Gasteiger charge is 2.47. The van der Waals surface area contributed by atoms with Crippen LogP contribution in [0.5, 0.6) is 0 Å². The Kier molecular flexibility index (Phi) is 20.3. The lowest BCUT2D eigenvalue weighted by molar-refractivity contribution is -0.162. The molecule has 0 radical (unpaired) electrons. The average molecular weight is 556 g/mol. The first-order valence-electron chi connectivity index (χ1n) is 17.0. The SMILES string of the molecule is CCCCCCC(C)(CCCCCC)OCC1OC(N)C(OC)C1OC(C)(CCCCCC)CCCCCC. The van der Waals surface area contributed by atoms with Crippen LogP contribution in [0.2, 0.25) is 0 Å². The van der Waals surface area contributed by atoms with Crippen LogP contribution >= 0.6 is 0 Å². The summed E-state index contributed by atoms with van der Waals surface area (Å²) in [5.41, 5.74) is 6.13. The molecule has 4 unspecified atom stereocenters. The fraction of sp³-hybridized carbons (Fsp3) is 1.00. The van der Waals surface area contributed by atoms with Crippen LogP contribution in [-0.4, -0.2) is 49.5 Å². The maximum Gasteiger partial charge on any atom is 0.135 e. The first-order chi connectivity index (χ1) is 18.8. The van der Waals surface area contributed by atoms with Crippen molar-refractivity contribution < 1.29 is 18.9 Å². The van der Waals surface area contributed by atoms with Crippen molar-refractivity contribution in [2.45, 2.75) is 206 Å². The quantitative estimate of drug-likeness (QED) is 0.108. The Hall–Kier alpha value is -0.200. The molecule has 234 valence electrons. The Morgan fingerprint density at radius 2 is 1.00 bits per heavy atom. The highest BCUT2D eigenvalue weighted by molar-refractivity contribution is 4.94. The predicted molar refractivity (Wildman–Crippen MR) is 166 cm³/mol. The van der Waals surface area contributed by atoms with Gasteiger partial charge in [-0.2, -0.15) is 0 Å². The van der Waals surface area contributed by atoms with Gasteiger partial charge in [0.05, 0.1) is 17.8 Å². The summed E-state index contributed by atoms with van der Waals surface area (Å²) in [5, 5.41) is 0. The Bertz CT molecular complexity index is 547. The van der Waals surface area contributed by atoms with Crippen LogP contribution < -0.4 is 5.73 Å². The molecule has 1 aliphatic rings.